The molecule has 0 aliphatic heterocycles. The van der Waals surface area contributed by atoms with E-state index in [1.165, 1.54) is 6.92 Å². The first kappa shape index (κ1) is 15.4. The minimum atomic E-state index is -0.565. The molecule has 0 fully saturated rings. The van der Waals surface area contributed by atoms with E-state index in [1.807, 2.05) is 13.8 Å². The van der Waals surface area contributed by atoms with Crippen LogP contribution >= 0.6 is 0 Å². The van der Waals surface area contributed by atoms with Crippen molar-refractivity contribution >= 4 is 11.8 Å². The van der Waals surface area contributed by atoms with Crippen molar-refractivity contribution in [2.45, 2.75) is 27.2 Å². The van der Waals surface area contributed by atoms with Crippen molar-refractivity contribution in [3.8, 4) is 0 Å². The summed E-state index contributed by atoms with van der Waals surface area (Å²) < 4.78 is 5.00. The van der Waals surface area contributed by atoms with Crippen LogP contribution in [0.25, 0.3) is 0 Å². The van der Waals surface area contributed by atoms with Gasteiger partial charge in [0.2, 0.25) is 0 Å². The summed E-state index contributed by atoms with van der Waals surface area (Å²) in [6, 6.07) is -0.565. The third kappa shape index (κ3) is 17.1. The van der Waals surface area contributed by atoms with Crippen molar-refractivity contribution in [1.82, 2.24) is 5.32 Å². The molecule has 5 nitrogen and oxygen atoms in total. The molecule has 0 saturated heterocycles. The number of Topliss-reactive ketones (excluding diaryl/α,β-unsaturated/α-hetero) is 1. The molecule has 14 heavy (non-hydrogen) atoms. The van der Waals surface area contributed by atoms with Gasteiger partial charge >= 0.3 is 6.03 Å². The van der Waals surface area contributed by atoms with Gasteiger partial charge in [-0.05, 0) is 6.92 Å². The van der Waals surface area contributed by atoms with E-state index < -0.39 is 6.03 Å². The molecule has 0 aliphatic carbocycles. The normalized spacial score (nSPS) is 8.50. The smallest absolute Gasteiger partial charge is 0.312 e. The summed E-state index contributed by atoms with van der Waals surface area (Å²) in [6.45, 7) is 6.67. The predicted octanol–water partition coefficient (Wildman–Crippen LogP) is 0.677. The molecule has 0 aliphatic rings. The molecule has 2 amide bonds. The van der Waals surface area contributed by atoms with Gasteiger partial charge in [-0.25, -0.2) is 4.79 Å². The zero-order valence-electron chi connectivity index (χ0n) is 9.13. The summed E-state index contributed by atoms with van der Waals surface area (Å²) in [5.74, 6) is 0.0952. The lowest BCUT2D eigenvalue weighted by atomic mass is 10.3. The van der Waals surface area contributed by atoms with E-state index in [4.69, 9.17) is 10.5 Å². The Balaban J connectivity index is 0. The standard InChI is InChI=1S/C7H14N2O3.C2H6/c1-6(10)2-4-12-5-3-9-7(8)11;1-2/h2-5H2,1H3,(H3,8,9,11);1-2H3. The predicted molar refractivity (Wildman–Crippen MR) is 55.1 cm³/mol. The maximum Gasteiger partial charge on any atom is 0.312 e. The van der Waals surface area contributed by atoms with Gasteiger partial charge < -0.3 is 15.8 Å². The van der Waals surface area contributed by atoms with Crippen LogP contribution in [-0.4, -0.2) is 31.6 Å². The van der Waals surface area contributed by atoms with E-state index in [0.717, 1.165) is 0 Å². The average molecular weight is 204 g/mol. The van der Waals surface area contributed by atoms with Gasteiger partial charge in [-0.2, -0.15) is 0 Å². The summed E-state index contributed by atoms with van der Waals surface area (Å²) in [7, 11) is 0. The third-order valence-corrected chi connectivity index (χ3v) is 1.14. The molecule has 0 aromatic carbocycles. The van der Waals surface area contributed by atoms with Crippen LogP contribution in [0.1, 0.15) is 27.2 Å². The molecule has 0 heterocycles. The lowest BCUT2D eigenvalue weighted by Gasteiger charge is -2.02. The fourth-order valence-electron chi connectivity index (χ4n) is 0.564. The number of urea groups is 1. The highest BCUT2D eigenvalue weighted by Crippen LogP contribution is 1.82. The zero-order chi connectivity index (χ0) is 11.4. The van der Waals surface area contributed by atoms with Gasteiger partial charge in [-0.1, -0.05) is 13.8 Å². The maximum atomic E-state index is 10.4. The number of ketones is 1. The Morgan fingerprint density at radius 1 is 1.29 bits per heavy atom. The van der Waals surface area contributed by atoms with Crippen LogP contribution in [-0.2, 0) is 9.53 Å². The first-order chi connectivity index (χ1) is 6.63. The van der Waals surface area contributed by atoms with Crippen LogP contribution in [0.4, 0.5) is 4.79 Å². The summed E-state index contributed by atoms with van der Waals surface area (Å²) >= 11 is 0. The van der Waals surface area contributed by atoms with Gasteiger partial charge in [-0.15, -0.1) is 0 Å². The highest BCUT2D eigenvalue weighted by Gasteiger charge is 1.94. The first-order valence-corrected chi connectivity index (χ1v) is 4.73. The van der Waals surface area contributed by atoms with Gasteiger partial charge in [0.25, 0.3) is 0 Å². The van der Waals surface area contributed by atoms with Gasteiger partial charge in [0.05, 0.1) is 13.2 Å². The van der Waals surface area contributed by atoms with Crippen molar-refractivity contribution in [2.75, 3.05) is 19.8 Å². The van der Waals surface area contributed by atoms with Gasteiger partial charge in [0, 0.05) is 13.0 Å². The Kier molecular flexibility index (Phi) is 13.1. The lowest BCUT2D eigenvalue weighted by Crippen LogP contribution is -2.32. The highest BCUT2D eigenvalue weighted by molar-refractivity contribution is 5.75. The minimum Gasteiger partial charge on any atom is -0.379 e. The molecule has 0 atom stereocenters. The van der Waals surface area contributed by atoms with Crippen molar-refractivity contribution in [3.63, 3.8) is 0 Å². The summed E-state index contributed by atoms with van der Waals surface area (Å²) in [4.78, 5) is 20.6. The molecule has 0 spiro atoms. The second kappa shape index (κ2) is 11.9. The Morgan fingerprint density at radius 3 is 2.29 bits per heavy atom. The van der Waals surface area contributed by atoms with Gasteiger partial charge in [0.15, 0.2) is 0 Å². The van der Waals surface area contributed by atoms with Gasteiger partial charge in [-0.3, -0.25) is 4.79 Å². The molecule has 0 radical (unpaired) electrons. The van der Waals surface area contributed by atoms with E-state index in [0.29, 0.717) is 26.2 Å². The number of hydrogen-bond acceptors (Lipinski definition) is 3. The molecular weight excluding hydrogens is 184 g/mol. The van der Waals surface area contributed by atoms with E-state index in [2.05, 4.69) is 5.32 Å². The van der Waals surface area contributed by atoms with Crippen LogP contribution < -0.4 is 11.1 Å². The molecule has 0 saturated carbocycles. The number of hydrogen-bond donors (Lipinski definition) is 2. The molecule has 0 unspecified atom stereocenters. The fraction of sp³-hybridized carbons (Fsp3) is 0.778. The molecule has 0 aromatic rings. The Bertz CT molecular complexity index is 142. The largest absolute Gasteiger partial charge is 0.379 e. The van der Waals surface area contributed by atoms with E-state index in [9.17, 15) is 9.59 Å². The zero-order valence-corrected chi connectivity index (χ0v) is 9.13. The van der Waals surface area contributed by atoms with Crippen LogP contribution in [0.5, 0.6) is 0 Å². The first-order valence-electron chi connectivity index (χ1n) is 4.73. The van der Waals surface area contributed by atoms with E-state index in [-0.39, 0.29) is 5.78 Å². The minimum absolute atomic E-state index is 0.0952. The number of nitrogens with two attached hydrogens (primary N) is 1. The van der Waals surface area contributed by atoms with Crippen molar-refractivity contribution in [3.05, 3.63) is 0 Å². The quantitative estimate of drug-likeness (QED) is 0.624. The Labute approximate surface area is 85.0 Å². The van der Waals surface area contributed by atoms with Crippen LogP contribution in [0.15, 0.2) is 0 Å². The molecule has 0 aromatic heterocycles. The topological polar surface area (TPSA) is 81.4 Å². The summed E-state index contributed by atoms with van der Waals surface area (Å²) in [5, 5.41) is 2.36. The number of carbonyl (C=O) groups is 2. The highest BCUT2D eigenvalue weighted by atomic mass is 16.5. The van der Waals surface area contributed by atoms with E-state index >= 15 is 0 Å². The number of nitrogens with one attached hydrogen (secondary N) is 1. The molecule has 3 N–H and O–H groups in total. The van der Waals surface area contributed by atoms with Crippen molar-refractivity contribution in [2.24, 2.45) is 5.73 Å². The number of amides is 2. The summed E-state index contributed by atoms with van der Waals surface area (Å²) in [6.07, 6.45) is 0.413. The van der Waals surface area contributed by atoms with Gasteiger partial charge in [0.1, 0.15) is 5.78 Å². The maximum absolute atomic E-state index is 10.4. The number of ether oxygens (including phenoxy) is 1. The second-order valence-corrected chi connectivity index (χ2v) is 2.36. The fourth-order valence-corrected chi connectivity index (χ4v) is 0.564. The SMILES string of the molecule is CC.CC(=O)CCOCCNC(N)=O. The van der Waals surface area contributed by atoms with E-state index in [1.54, 1.807) is 0 Å². The van der Waals surface area contributed by atoms with Crippen molar-refractivity contribution in [1.29, 1.82) is 0 Å². The average Bonchev–Trinajstić information content (AvgIpc) is 2.13. The molecular formula is C9H20N2O3. The monoisotopic (exact) mass is 204 g/mol. The van der Waals surface area contributed by atoms with Crippen LogP contribution in [0, 0.1) is 0 Å². The molecule has 84 valence electrons. The van der Waals surface area contributed by atoms with Crippen molar-refractivity contribution < 1.29 is 14.3 Å². The van der Waals surface area contributed by atoms with Crippen LogP contribution in [0.2, 0.25) is 0 Å². The Hall–Kier alpha value is -1.10. The third-order valence-electron chi connectivity index (χ3n) is 1.14. The number of primary amides is 1. The van der Waals surface area contributed by atoms with Crippen LogP contribution in [0.3, 0.4) is 0 Å². The molecule has 0 rings (SSSR count). The second-order valence-electron chi connectivity index (χ2n) is 2.36. The summed E-state index contributed by atoms with van der Waals surface area (Å²) in [5.41, 5.74) is 4.80. The lowest BCUT2D eigenvalue weighted by molar-refractivity contribution is -0.118. The molecule has 5 heteroatoms. The number of carbonyl (C=O) groups excluding carboxylic acids is 2. The Morgan fingerprint density at radius 2 is 1.86 bits per heavy atom. The molecule has 0 bridgehead atoms. The number of rotatable bonds is 6.